The van der Waals surface area contributed by atoms with E-state index >= 15 is 0 Å². The summed E-state index contributed by atoms with van der Waals surface area (Å²) in [5.74, 6) is 0. The van der Waals surface area contributed by atoms with Crippen LogP contribution in [0.15, 0.2) is 0 Å². The van der Waals surface area contributed by atoms with Gasteiger partial charge < -0.3 is 19.5 Å². The molecule has 42 heavy (non-hydrogen) atoms. The molecule has 254 valence electrons. The summed E-state index contributed by atoms with van der Waals surface area (Å²) >= 11 is 0. The number of quaternary nitrogens is 1. The van der Waals surface area contributed by atoms with Crippen molar-refractivity contribution >= 4 is 6.16 Å². The molecule has 0 atom stereocenters. The third kappa shape index (κ3) is 39.2. The van der Waals surface area contributed by atoms with Gasteiger partial charge in [-0.25, -0.2) is 0 Å². The van der Waals surface area contributed by atoms with Crippen molar-refractivity contribution in [1.82, 2.24) is 0 Å². The smallest absolute Gasteiger partial charge is 0.652 e. The van der Waals surface area contributed by atoms with E-state index < -0.39 is 6.16 Å². The van der Waals surface area contributed by atoms with Gasteiger partial charge >= 0.3 is 1.43 Å². The van der Waals surface area contributed by atoms with Gasteiger partial charge in [0.25, 0.3) is 0 Å². The molecular formula is C38H79NO3. The molecule has 0 spiro atoms. The summed E-state index contributed by atoms with van der Waals surface area (Å²) in [6.07, 6.45) is 41.4. The highest BCUT2D eigenvalue weighted by Crippen LogP contribution is 2.18. The van der Waals surface area contributed by atoms with Crippen molar-refractivity contribution in [2.45, 2.75) is 213 Å². The largest absolute Gasteiger partial charge is 1.00 e. The minimum Gasteiger partial charge on any atom is -0.652 e. The first-order valence-corrected chi connectivity index (χ1v) is 19.1. The van der Waals surface area contributed by atoms with Crippen LogP contribution in [0, 0.1) is 0 Å². The zero-order valence-electron chi connectivity index (χ0n) is 30.5. The van der Waals surface area contributed by atoms with Crippen LogP contribution in [0.3, 0.4) is 0 Å². The molecule has 0 radical (unpaired) electrons. The van der Waals surface area contributed by atoms with Gasteiger partial charge in [0, 0.05) is 0 Å². The van der Waals surface area contributed by atoms with Crippen LogP contribution in [0.5, 0.6) is 0 Å². The highest BCUT2D eigenvalue weighted by atomic mass is 16.6. The van der Waals surface area contributed by atoms with Gasteiger partial charge in [0.2, 0.25) is 0 Å². The second-order valence-corrected chi connectivity index (χ2v) is 13.6. The normalized spacial score (nSPS) is 11.4. The molecule has 0 aliphatic heterocycles. The quantitative estimate of drug-likeness (QED) is 0.0558. The van der Waals surface area contributed by atoms with E-state index in [9.17, 15) is 0 Å². The van der Waals surface area contributed by atoms with Gasteiger partial charge in [-0.1, -0.05) is 175 Å². The van der Waals surface area contributed by atoms with Gasteiger partial charge in [-0.2, -0.15) is 0 Å². The zero-order chi connectivity index (χ0) is 31.4. The van der Waals surface area contributed by atoms with Crippen molar-refractivity contribution in [2.24, 2.45) is 0 Å². The van der Waals surface area contributed by atoms with Crippen LogP contribution in [0.1, 0.15) is 215 Å². The lowest BCUT2D eigenvalue weighted by Crippen LogP contribution is -2.46. The maximum atomic E-state index is 8.33. The molecule has 0 bridgehead atoms. The Bertz CT molecular complexity index is 454. The lowest BCUT2D eigenvalue weighted by molar-refractivity contribution is -0.910. The number of carboxylic acid groups (broad SMARTS) is 2. The van der Waals surface area contributed by atoms with E-state index in [1.807, 2.05) is 0 Å². The lowest BCUT2D eigenvalue weighted by Gasteiger charge is -2.35. The molecule has 0 aliphatic rings. The van der Waals surface area contributed by atoms with Gasteiger partial charge in [-0.05, 0) is 44.7 Å². The van der Waals surface area contributed by atoms with E-state index in [2.05, 4.69) is 27.8 Å². The molecule has 0 saturated carbocycles. The number of carbonyl (C=O) groups is 1. The highest BCUT2D eigenvalue weighted by molar-refractivity contribution is 5.47. The number of nitrogens with zero attached hydrogens (tertiary/aromatic N) is 1. The Kier molecular flexibility index (Phi) is 37.6. The first-order chi connectivity index (χ1) is 20.4. The van der Waals surface area contributed by atoms with E-state index in [4.69, 9.17) is 15.0 Å². The van der Waals surface area contributed by atoms with E-state index in [0.29, 0.717) is 0 Å². The molecule has 0 amide bonds. The Morgan fingerprint density at radius 2 is 0.524 bits per heavy atom. The van der Waals surface area contributed by atoms with Gasteiger partial charge in [0.05, 0.1) is 26.7 Å². The average molecular weight is 598 g/mol. The van der Waals surface area contributed by atoms with Crippen LogP contribution in [-0.2, 0) is 0 Å². The summed E-state index contributed by atoms with van der Waals surface area (Å²) in [6.45, 7) is 11.3. The van der Waals surface area contributed by atoms with Gasteiger partial charge in [-0.3, -0.25) is 0 Å². The zero-order valence-corrected chi connectivity index (χ0v) is 29.5. The van der Waals surface area contributed by atoms with Crippen LogP contribution in [0.4, 0.5) is 4.79 Å². The second-order valence-electron chi connectivity index (χ2n) is 13.6. The fourth-order valence-electron chi connectivity index (χ4n) is 6.28. The van der Waals surface area contributed by atoms with Crippen LogP contribution in [0.25, 0.3) is 0 Å². The molecule has 0 saturated heterocycles. The Morgan fingerprint density at radius 1 is 0.381 bits per heavy atom. The fourth-order valence-corrected chi connectivity index (χ4v) is 6.28. The Morgan fingerprint density at radius 3 is 0.690 bits per heavy atom. The molecule has 0 N–H and O–H groups in total. The predicted octanol–water partition coefficient (Wildman–Crippen LogP) is 10.9. The summed E-state index contributed by atoms with van der Waals surface area (Å²) < 4.78 is 1.37. The molecule has 0 heterocycles. The second kappa shape index (κ2) is 36.4. The first kappa shape index (κ1) is 43.4. The monoisotopic (exact) mass is 598 g/mol. The number of unbranched alkanes of at least 4 members (excludes halogenated alkanes) is 27. The van der Waals surface area contributed by atoms with Crippen LogP contribution in [-0.4, -0.2) is 37.3 Å². The maximum absolute atomic E-state index is 8.33. The number of carbonyl (C=O) groups excluding carboxylic acids is 1. The van der Waals surface area contributed by atoms with Crippen LogP contribution in [0.2, 0.25) is 0 Å². The minimum atomic E-state index is -2.33. The summed E-state index contributed by atoms with van der Waals surface area (Å²) in [7, 11) is 2.61. The Balaban J connectivity index is -0.00000299. The summed E-state index contributed by atoms with van der Waals surface area (Å²) in [4.78, 5) is 8.33. The van der Waals surface area contributed by atoms with E-state index in [-0.39, 0.29) is 1.43 Å². The maximum Gasteiger partial charge on any atom is 1.00 e. The standard InChI is InChI=1S/C37H78N.CH2O3/c1-5-8-11-14-17-20-23-26-29-32-35-38(4,36-33-30-27-24-21-18-15-12-9-6-2)37-34-31-28-25-22-19-16-13-10-7-3;2-1(3)4/h5-37H2,1-4H3;(H2,2,3,4)/q+1;/p-1. The molecule has 0 aromatic rings. The summed E-state index contributed by atoms with van der Waals surface area (Å²) in [5.41, 5.74) is 0. The molecule has 4 heteroatoms. The minimum absolute atomic E-state index is 0. The van der Waals surface area contributed by atoms with Gasteiger partial charge in [0.15, 0.2) is 0 Å². The number of rotatable bonds is 33. The SMILES string of the molecule is CCCCCCCCCCCC[N+](C)(CCCCCCCCCCCC)CCCCCCCCCCCC.O=C([O-])[O-].[H+]. The van der Waals surface area contributed by atoms with Gasteiger partial charge in [0.1, 0.15) is 0 Å². The van der Waals surface area contributed by atoms with E-state index in [0.717, 1.165) is 0 Å². The molecule has 0 fully saturated rings. The molecular weight excluding hydrogens is 518 g/mol. The molecule has 0 rings (SSSR count). The Labute approximate surface area is 266 Å². The summed E-state index contributed by atoms with van der Waals surface area (Å²) in [6, 6.07) is 0. The molecule has 0 aromatic heterocycles. The van der Waals surface area contributed by atoms with Crippen LogP contribution >= 0.6 is 0 Å². The number of hydrogen-bond donors (Lipinski definition) is 0. The van der Waals surface area contributed by atoms with Crippen molar-refractivity contribution in [3.05, 3.63) is 0 Å². The number of hydrogen-bond acceptors (Lipinski definition) is 3. The van der Waals surface area contributed by atoms with Crippen molar-refractivity contribution < 1.29 is 20.9 Å². The van der Waals surface area contributed by atoms with Crippen molar-refractivity contribution in [2.75, 3.05) is 26.7 Å². The molecule has 0 aliphatic carbocycles. The van der Waals surface area contributed by atoms with Crippen molar-refractivity contribution in [1.29, 1.82) is 0 Å². The molecule has 0 unspecified atom stereocenters. The average Bonchev–Trinajstić information content (AvgIpc) is 2.96. The highest BCUT2D eigenvalue weighted by Gasteiger charge is 2.20. The predicted molar refractivity (Wildman–Crippen MR) is 183 cm³/mol. The van der Waals surface area contributed by atoms with Crippen LogP contribution < -0.4 is 10.2 Å². The summed E-state index contributed by atoms with van der Waals surface area (Å²) in [5, 5.41) is 16.7. The van der Waals surface area contributed by atoms with Gasteiger partial charge in [-0.15, -0.1) is 0 Å². The molecule has 0 aromatic carbocycles. The first-order valence-electron chi connectivity index (χ1n) is 19.1. The Hall–Kier alpha value is -0.770. The van der Waals surface area contributed by atoms with E-state index in [1.165, 1.54) is 217 Å². The van der Waals surface area contributed by atoms with E-state index in [1.54, 1.807) is 0 Å². The third-order valence-corrected chi connectivity index (χ3v) is 9.15. The third-order valence-electron chi connectivity index (χ3n) is 9.15. The topological polar surface area (TPSA) is 63.2 Å². The van der Waals surface area contributed by atoms with Crippen molar-refractivity contribution in [3.63, 3.8) is 0 Å². The molecule has 4 nitrogen and oxygen atoms in total. The fraction of sp³-hybridized carbons (Fsp3) is 0.974. The van der Waals surface area contributed by atoms with Crippen molar-refractivity contribution in [3.8, 4) is 0 Å². The lowest BCUT2D eigenvalue weighted by atomic mass is 10.0.